The average Bonchev–Trinajstić information content (AvgIpc) is 2.62. The minimum absolute atomic E-state index is 0.122. The monoisotopic (exact) mass is 176 g/mol. The number of rotatable bonds is 1. The minimum atomic E-state index is 0.122. The molecule has 0 aromatic rings. The summed E-state index contributed by atoms with van der Waals surface area (Å²) < 4.78 is 0. The Hall–Kier alpha value is -0.590. The van der Waals surface area contributed by atoms with Crippen molar-refractivity contribution in [2.45, 2.75) is 26.7 Å². The second-order valence-electron chi connectivity index (χ2n) is 5.39. The van der Waals surface area contributed by atoms with E-state index in [1.807, 2.05) is 0 Å². The summed E-state index contributed by atoms with van der Waals surface area (Å²) in [4.78, 5) is 12.0. The number of fused-ring (bicyclic) bond motifs is 1. The molecule has 0 aromatic heterocycles. The third kappa shape index (κ3) is 0.651. The molecule has 13 heavy (non-hydrogen) atoms. The number of ketones is 1. The largest absolute Gasteiger partial charge is 0.299 e. The molecule has 1 nitrogen and oxygen atoms in total. The van der Waals surface area contributed by atoms with Gasteiger partial charge < -0.3 is 0 Å². The Morgan fingerprint density at radius 3 is 2.46 bits per heavy atom. The van der Waals surface area contributed by atoms with Crippen LogP contribution in [-0.2, 0) is 4.79 Å². The average molecular weight is 176 g/mol. The van der Waals surface area contributed by atoms with E-state index in [1.165, 1.54) is 12.0 Å². The molecule has 5 atom stereocenters. The molecular formula is C12H16O. The Morgan fingerprint density at radius 2 is 2.08 bits per heavy atom. The van der Waals surface area contributed by atoms with Crippen molar-refractivity contribution in [3.63, 3.8) is 0 Å². The Bertz CT molecular complexity index is 317. The number of carbonyl (C=O) groups is 1. The third-order valence-electron chi connectivity index (χ3n) is 4.92. The van der Waals surface area contributed by atoms with Gasteiger partial charge in [-0.1, -0.05) is 19.1 Å². The molecule has 4 fully saturated rings. The normalized spacial score (nSPS) is 56.6. The van der Waals surface area contributed by atoms with Crippen molar-refractivity contribution in [2.75, 3.05) is 0 Å². The smallest absolute Gasteiger partial charge is 0.143 e. The number of allylic oxidation sites excluding steroid dienone is 1. The van der Waals surface area contributed by atoms with Crippen LogP contribution in [0.3, 0.4) is 0 Å². The van der Waals surface area contributed by atoms with Gasteiger partial charge in [0.1, 0.15) is 5.78 Å². The van der Waals surface area contributed by atoms with Gasteiger partial charge in [0.15, 0.2) is 0 Å². The molecule has 4 rings (SSSR count). The van der Waals surface area contributed by atoms with Gasteiger partial charge >= 0.3 is 0 Å². The number of carbonyl (C=O) groups excluding carboxylic acids is 1. The Kier molecular flexibility index (Phi) is 1.15. The first-order valence-corrected chi connectivity index (χ1v) is 5.26. The summed E-state index contributed by atoms with van der Waals surface area (Å²) in [5.74, 6) is 2.89. The van der Waals surface area contributed by atoms with Crippen LogP contribution < -0.4 is 0 Å². The molecule has 0 aliphatic heterocycles. The third-order valence-corrected chi connectivity index (χ3v) is 4.92. The molecule has 0 N–H and O–H groups in total. The standard InChI is InChI=1S/C12H16O/c1-6(2)7-4-9-10-5-8(7)11(13)12(9,10)3/h7-10H,1,4-5H2,2-3H3/t7-,8?,9?,10?,12+/m0/s1. The lowest BCUT2D eigenvalue weighted by Crippen LogP contribution is -2.33. The Labute approximate surface area is 79.2 Å². The van der Waals surface area contributed by atoms with Crippen LogP contribution in [0.2, 0.25) is 0 Å². The molecule has 70 valence electrons. The molecule has 0 aromatic carbocycles. The van der Waals surface area contributed by atoms with E-state index in [9.17, 15) is 4.79 Å². The van der Waals surface area contributed by atoms with Crippen molar-refractivity contribution in [1.82, 2.24) is 0 Å². The zero-order valence-electron chi connectivity index (χ0n) is 8.34. The molecule has 0 heterocycles. The lowest BCUT2D eigenvalue weighted by Gasteiger charge is -2.32. The summed E-state index contributed by atoms with van der Waals surface area (Å²) in [6, 6.07) is 0. The lowest BCUT2D eigenvalue weighted by molar-refractivity contribution is -0.129. The summed E-state index contributed by atoms with van der Waals surface area (Å²) in [5, 5.41) is 0. The van der Waals surface area contributed by atoms with Gasteiger partial charge in [-0.2, -0.15) is 0 Å². The predicted octanol–water partition coefficient (Wildman–Crippen LogP) is 2.42. The molecule has 0 spiro atoms. The summed E-state index contributed by atoms with van der Waals surface area (Å²) in [6.45, 7) is 8.27. The molecular weight excluding hydrogens is 160 g/mol. The Balaban J connectivity index is 1.97. The van der Waals surface area contributed by atoms with E-state index in [-0.39, 0.29) is 5.41 Å². The quantitative estimate of drug-likeness (QED) is 0.561. The fourth-order valence-corrected chi connectivity index (χ4v) is 3.99. The van der Waals surface area contributed by atoms with Crippen molar-refractivity contribution in [2.24, 2.45) is 29.1 Å². The van der Waals surface area contributed by atoms with Crippen LogP contribution in [0.5, 0.6) is 0 Å². The highest BCUT2D eigenvalue weighted by molar-refractivity contribution is 5.94. The fourth-order valence-electron chi connectivity index (χ4n) is 3.99. The highest BCUT2D eigenvalue weighted by atomic mass is 16.1. The molecule has 4 aliphatic rings. The minimum Gasteiger partial charge on any atom is -0.299 e. The summed E-state index contributed by atoms with van der Waals surface area (Å²) in [7, 11) is 0. The van der Waals surface area contributed by atoms with Crippen LogP contribution in [0, 0.1) is 29.1 Å². The second-order valence-corrected chi connectivity index (χ2v) is 5.39. The van der Waals surface area contributed by atoms with Gasteiger partial charge in [0.25, 0.3) is 0 Å². The zero-order chi connectivity index (χ0) is 9.38. The van der Waals surface area contributed by atoms with E-state index in [1.54, 1.807) is 0 Å². The van der Waals surface area contributed by atoms with Crippen molar-refractivity contribution in [1.29, 1.82) is 0 Å². The van der Waals surface area contributed by atoms with Gasteiger partial charge in [-0.3, -0.25) is 4.79 Å². The number of Topliss-reactive ketones (excluding diaryl/α,β-unsaturated/α-hetero) is 1. The van der Waals surface area contributed by atoms with Gasteiger partial charge in [0, 0.05) is 11.3 Å². The summed E-state index contributed by atoms with van der Waals surface area (Å²) in [6.07, 6.45) is 2.41. The molecule has 0 amide bonds. The summed E-state index contributed by atoms with van der Waals surface area (Å²) in [5.41, 5.74) is 1.35. The number of hydrogen-bond acceptors (Lipinski definition) is 1. The molecule has 3 unspecified atom stereocenters. The van der Waals surface area contributed by atoms with Crippen LogP contribution in [0.25, 0.3) is 0 Å². The highest BCUT2D eigenvalue weighted by Gasteiger charge is 2.75. The van der Waals surface area contributed by atoms with Crippen LogP contribution in [0.4, 0.5) is 0 Å². The van der Waals surface area contributed by atoms with Gasteiger partial charge in [0.05, 0.1) is 0 Å². The molecule has 0 radical (unpaired) electrons. The fraction of sp³-hybridized carbons (Fsp3) is 0.750. The predicted molar refractivity (Wildman–Crippen MR) is 51.1 cm³/mol. The van der Waals surface area contributed by atoms with Crippen molar-refractivity contribution >= 4 is 5.78 Å². The van der Waals surface area contributed by atoms with E-state index in [0.717, 1.165) is 12.3 Å². The van der Waals surface area contributed by atoms with Gasteiger partial charge in [-0.15, -0.1) is 0 Å². The maximum Gasteiger partial charge on any atom is 0.143 e. The van der Waals surface area contributed by atoms with Gasteiger partial charge in [0.2, 0.25) is 0 Å². The first-order chi connectivity index (χ1) is 6.06. The molecule has 4 aliphatic carbocycles. The van der Waals surface area contributed by atoms with E-state index in [4.69, 9.17) is 0 Å². The summed E-state index contributed by atoms with van der Waals surface area (Å²) >= 11 is 0. The van der Waals surface area contributed by atoms with Crippen molar-refractivity contribution < 1.29 is 4.79 Å². The molecule has 4 bridgehead atoms. The van der Waals surface area contributed by atoms with Crippen LogP contribution >= 0.6 is 0 Å². The van der Waals surface area contributed by atoms with E-state index in [2.05, 4.69) is 20.4 Å². The van der Waals surface area contributed by atoms with Crippen LogP contribution in [0.15, 0.2) is 12.2 Å². The molecule has 1 heteroatoms. The lowest BCUT2D eigenvalue weighted by atomic mass is 9.70. The second kappa shape index (κ2) is 1.92. The van der Waals surface area contributed by atoms with Crippen LogP contribution in [0.1, 0.15) is 26.7 Å². The van der Waals surface area contributed by atoms with E-state index >= 15 is 0 Å². The zero-order valence-corrected chi connectivity index (χ0v) is 8.34. The molecule has 0 saturated heterocycles. The highest BCUT2D eigenvalue weighted by Crippen LogP contribution is 2.75. The van der Waals surface area contributed by atoms with Crippen LogP contribution in [-0.4, -0.2) is 5.78 Å². The Morgan fingerprint density at radius 1 is 1.46 bits per heavy atom. The number of hydrogen-bond donors (Lipinski definition) is 0. The maximum atomic E-state index is 12.0. The van der Waals surface area contributed by atoms with Crippen molar-refractivity contribution in [3.05, 3.63) is 12.2 Å². The molecule has 4 saturated carbocycles. The van der Waals surface area contributed by atoms with E-state index in [0.29, 0.717) is 23.5 Å². The first-order valence-electron chi connectivity index (χ1n) is 5.26. The van der Waals surface area contributed by atoms with Crippen molar-refractivity contribution in [3.8, 4) is 0 Å². The van der Waals surface area contributed by atoms with E-state index < -0.39 is 0 Å². The van der Waals surface area contributed by atoms with Gasteiger partial charge in [-0.05, 0) is 37.5 Å². The topological polar surface area (TPSA) is 17.1 Å². The SMILES string of the molecule is C=C(C)[C@@H]1CC2C3CC1C(=O)[C@@]32C. The van der Waals surface area contributed by atoms with Gasteiger partial charge in [-0.25, -0.2) is 0 Å². The first kappa shape index (κ1) is 7.78. The maximum absolute atomic E-state index is 12.0.